The Labute approximate surface area is 113 Å². The molecule has 0 aliphatic carbocycles. The van der Waals surface area contributed by atoms with Crippen LogP contribution in [0.3, 0.4) is 0 Å². The normalized spacial score (nSPS) is 24.1. The first-order valence-electron chi connectivity index (χ1n) is 6.28. The van der Waals surface area contributed by atoms with E-state index < -0.39 is 0 Å². The Balaban J connectivity index is 2.20. The Bertz CT molecular complexity index is 431. The third kappa shape index (κ3) is 3.03. The largest absolute Gasteiger partial charge is 0.336 e. The summed E-state index contributed by atoms with van der Waals surface area (Å²) >= 11 is 6.01. The van der Waals surface area contributed by atoms with E-state index in [-0.39, 0.29) is 5.91 Å². The third-order valence-corrected chi connectivity index (χ3v) is 3.35. The van der Waals surface area contributed by atoms with Crippen LogP contribution in [-0.2, 0) is 0 Å². The number of amides is 1. The van der Waals surface area contributed by atoms with Crippen LogP contribution in [0.25, 0.3) is 0 Å². The molecule has 1 heterocycles. The first-order chi connectivity index (χ1) is 8.45. The number of piperazine rings is 1. The van der Waals surface area contributed by atoms with Crippen molar-refractivity contribution in [2.45, 2.75) is 32.9 Å². The van der Waals surface area contributed by atoms with Crippen LogP contribution >= 0.6 is 11.6 Å². The van der Waals surface area contributed by atoms with Crippen molar-refractivity contribution in [2.24, 2.45) is 0 Å². The molecule has 0 aromatic heterocycles. The van der Waals surface area contributed by atoms with Gasteiger partial charge in [-0.25, -0.2) is 0 Å². The lowest BCUT2D eigenvalue weighted by Gasteiger charge is -2.36. The van der Waals surface area contributed by atoms with Crippen LogP contribution in [0.4, 0.5) is 0 Å². The summed E-state index contributed by atoms with van der Waals surface area (Å²) in [5.41, 5.74) is 1.70. The molecule has 1 N–H and O–H groups in total. The fourth-order valence-corrected chi connectivity index (χ4v) is 2.82. The molecule has 2 unspecified atom stereocenters. The number of benzene rings is 1. The van der Waals surface area contributed by atoms with E-state index in [1.807, 2.05) is 24.0 Å². The second kappa shape index (κ2) is 5.29. The smallest absolute Gasteiger partial charge is 0.254 e. The Hall–Kier alpha value is -1.06. The second-order valence-corrected chi connectivity index (χ2v) is 5.63. The van der Waals surface area contributed by atoms with Gasteiger partial charge in [0.25, 0.3) is 5.91 Å². The van der Waals surface area contributed by atoms with Crippen molar-refractivity contribution < 1.29 is 4.79 Å². The van der Waals surface area contributed by atoms with Gasteiger partial charge in [-0.3, -0.25) is 4.79 Å². The van der Waals surface area contributed by atoms with Gasteiger partial charge in [0.15, 0.2) is 0 Å². The minimum atomic E-state index is 0.0702. The average molecular weight is 267 g/mol. The lowest BCUT2D eigenvalue weighted by molar-refractivity contribution is 0.0673. The Morgan fingerprint density at radius 1 is 1.28 bits per heavy atom. The van der Waals surface area contributed by atoms with Gasteiger partial charge in [-0.1, -0.05) is 11.6 Å². The minimum absolute atomic E-state index is 0.0702. The Kier molecular flexibility index (Phi) is 3.93. The van der Waals surface area contributed by atoms with Gasteiger partial charge in [-0.15, -0.1) is 0 Å². The molecule has 1 aliphatic rings. The SMILES string of the molecule is Cc1cc(Cl)cc(C(=O)N2CC(C)NC(C)C2)c1. The molecule has 0 spiro atoms. The third-order valence-electron chi connectivity index (χ3n) is 3.13. The van der Waals surface area contributed by atoms with Gasteiger partial charge in [-0.05, 0) is 44.5 Å². The number of nitrogens with zero attached hydrogens (tertiary/aromatic N) is 1. The van der Waals surface area contributed by atoms with Crippen LogP contribution < -0.4 is 5.32 Å². The highest BCUT2D eigenvalue weighted by Gasteiger charge is 2.25. The summed E-state index contributed by atoms with van der Waals surface area (Å²) in [7, 11) is 0. The van der Waals surface area contributed by atoms with Crippen LogP contribution in [0.2, 0.25) is 5.02 Å². The van der Waals surface area contributed by atoms with Crippen molar-refractivity contribution in [1.82, 2.24) is 10.2 Å². The average Bonchev–Trinajstić information content (AvgIpc) is 2.25. The van der Waals surface area contributed by atoms with Crippen LogP contribution in [0.15, 0.2) is 18.2 Å². The van der Waals surface area contributed by atoms with E-state index in [9.17, 15) is 4.79 Å². The molecule has 2 atom stereocenters. The molecule has 1 fully saturated rings. The van der Waals surface area contributed by atoms with E-state index in [1.165, 1.54) is 0 Å². The molecular weight excluding hydrogens is 248 g/mol. The van der Waals surface area contributed by atoms with Gasteiger partial charge in [0.1, 0.15) is 0 Å². The maximum Gasteiger partial charge on any atom is 0.254 e. The number of nitrogens with one attached hydrogen (secondary N) is 1. The molecule has 0 bridgehead atoms. The van der Waals surface area contributed by atoms with Crippen LogP contribution in [0, 0.1) is 6.92 Å². The molecule has 1 aliphatic heterocycles. The molecule has 98 valence electrons. The first kappa shape index (κ1) is 13.4. The molecule has 1 amide bonds. The van der Waals surface area contributed by atoms with Crippen LogP contribution in [-0.4, -0.2) is 36.0 Å². The zero-order valence-electron chi connectivity index (χ0n) is 11.0. The van der Waals surface area contributed by atoms with E-state index in [1.54, 1.807) is 6.07 Å². The number of rotatable bonds is 1. The van der Waals surface area contributed by atoms with Gasteiger partial charge >= 0.3 is 0 Å². The summed E-state index contributed by atoms with van der Waals surface area (Å²) in [5.74, 6) is 0.0702. The van der Waals surface area contributed by atoms with Gasteiger partial charge < -0.3 is 10.2 Å². The minimum Gasteiger partial charge on any atom is -0.336 e. The lowest BCUT2D eigenvalue weighted by atomic mass is 10.1. The number of hydrogen-bond acceptors (Lipinski definition) is 2. The number of carbonyl (C=O) groups is 1. The van der Waals surface area contributed by atoms with E-state index in [4.69, 9.17) is 11.6 Å². The van der Waals surface area contributed by atoms with E-state index in [2.05, 4.69) is 19.2 Å². The summed E-state index contributed by atoms with van der Waals surface area (Å²) in [5, 5.41) is 4.04. The summed E-state index contributed by atoms with van der Waals surface area (Å²) in [6.07, 6.45) is 0. The molecular formula is C14H19ClN2O. The van der Waals surface area contributed by atoms with Crippen molar-refractivity contribution in [1.29, 1.82) is 0 Å². The quantitative estimate of drug-likeness (QED) is 0.847. The van der Waals surface area contributed by atoms with Crippen molar-refractivity contribution in [2.75, 3.05) is 13.1 Å². The lowest BCUT2D eigenvalue weighted by Crippen LogP contribution is -2.55. The predicted octanol–water partition coefficient (Wildman–Crippen LogP) is 2.47. The standard InChI is InChI=1S/C14H19ClN2O/c1-9-4-12(6-13(15)5-9)14(18)17-7-10(2)16-11(3)8-17/h4-6,10-11,16H,7-8H2,1-3H3. The number of carbonyl (C=O) groups excluding carboxylic acids is 1. The molecule has 18 heavy (non-hydrogen) atoms. The predicted molar refractivity (Wildman–Crippen MR) is 74.2 cm³/mol. The van der Waals surface area contributed by atoms with Gasteiger partial charge in [0.05, 0.1) is 0 Å². The monoisotopic (exact) mass is 266 g/mol. The molecule has 1 saturated heterocycles. The van der Waals surface area contributed by atoms with Gasteiger partial charge in [0, 0.05) is 35.8 Å². The van der Waals surface area contributed by atoms with Gasteiger partial charge in [0.2, 0.25) is 0 Å². The number of halogens is 1. The Morgan fingerprint density at radius 2 is 1.89 bits per heavy atom. The van der Waals surface area contributed by atoms with E-state index in [0.717, 1.165) is 18.7 Å². The van der Waals surface area contributed by atoms with Crippen LogP contribution in [0.5, 0.6) is 0 Å². The van der Waals surface area contributed by atoms with E-state index >= 15 is 0 Å². The molecule has 4 heteroatoms. The highest BCUT2D eigenvalue weighted by Crippen LogP contribution is 2.17. The number of hydrogen-bond donors (Lipinski definition) is 1. The summed E-state index contributed by atoms with van der Waals surface area (Å²) in [6.45, 7) is 7.63. The summed E-state index contributed by atoms with van der Waals surface area (Å²) in [4.78, 5) is 14.3. The molecule has 0 saturated carbocycles. The molecule has 2 rings (SSSR count). The fourth-order valence-electron chi connectivity index (χ4n) is 2.54. The highest BCUT2D eigenvalue weighted by atomic mass is 35.5. The summed E-state index contributed by atoms with van der Waals surface area (Å²) in [6, 6.07) is 6.16. The molecule has 0 radical (unpaired) electrons. The topological polar surface area (TPSA) is 32.3 Å². The van der Waals surface area contributed by atoms with Crippen molar-refractivity contribution in [3.05, 3.63) is 34.3 Å². The van der Waals surface area contributed by atoms with Crippen molar-refractivity contribution in [3.63, 3.8) is 0 Å². The first-order valence-corrected chi connectivity index (χ1v) is 6.66. The highest BCUT2D eigenvalue weighted by molar-refractivity contribution is 6.31. The maximum atomic E-state index is 12.4. The maximum absolute atomic E-state index is 12.4. The Morgan fingerprint density at radius 3 is 2.44 bits per heavy atom. The molecule has 1 aromatic carbocycles. The fraction of sp³-hybridized carbons (Fsp3) is 0.500. The molecule has 1 aromatic rings. The van der Waals surface area contributed by atoms with Crippen LogP contribution in [0.1, 0.15) is 29.8 Å². The van der Waals surface area contributed by atoms with Gasteiger partial charge in [-0.2, -0.15) is 0 Å². The molecule has 3 nitrogen and oxygen atoms in total. The van der Waals surface area contributed by atoms with E-state index in [0.29, 0.717) is 22.7 Å². The summed E-state index contributed by atoms with van der Waals surface area (Å²) < 4.78 is 0. The second-order valence-electron chi connectivity index (χ2n) is 5.20. The zero-order valence-corrected chi connectivity index (χ0v) is 11.8. The van der Waals surface area contributed by atoms with Crippen molar-refractivity contribution >= 4 is 17.5 Å². The number of aryl methyl sites for hydroxylation is 1. The van der Waals surface area contributed by atoms with Crippen molar-refractivity contribution in [3.8, 4) is 0 Å². The zero-order chi connectivity index (χ0) is 13.3.